The molecule has 0 saturated heterocycles. The van der Waals surface area contributed by atoms with E-state index in [0.29, 0.717) is 17.2 Å². The third kappa shape index (κ3) is 9.34. The van der Waals surface area contributed by atoms with E-state index in [0.717, 1.165) is 46.0 Å². The Labute approximate surface area is 286 Å². The van der Waals surface area contributed by atoms with E-state index in [2.05, 4.69) is 45.8 Å². The lowest BCUT2D eigenvalue weighted by Gasteiger charge is -2.19. The zero-order valence-corrected chi connectivity index (χ0v) is 28.7. The minimum absolute atomic E-state index is 0.0244. The summed E-state index contributed by atoms with van der Waals surface area (Å²) >= 11 is 1.45. The van der Waals surface area contributed by atoms with Gasteiger partial charge in [-0.25, -0.2) is 9.18 Å². The number of carbonyl (C=O) groups is 1. The molecule has 4 N–H and O–H groups in total. The van der Waals surface area contributed by atoms with E-state index >= 15 is 0 Å². The number of azo groups is 1. The number of nitrogens with one attached hydrogen (secondary N) is 4. The molecule has 1 aliphatic rings. The van der Waals surface area contributed by atoms with Gasteiger partial charge in [-0.1, -0.05) is 51.7 Å². The van der Waals surface area contributed by atoms with Gasteiger partial charge in [-0.3, -0.25) is 5.43 Å². The van der Waals surface area contributed by atoms with Crippen LogP contribution in [0.4, 0.5) is 38.5 Å². The van der Waals surface area contributed by atoms with Crippen LogP contribution in [-0.4, -0.2) is 32.7 Å². The van der Waals surface area contributed by atoms with Gasteiger partial charge in [0.15, 0.2) is 0 Å². The van der Waals surface area contributed by atoms with Crippen molar-refractivity contribution < 1.29 is 13.9 Å². The lowest BCUT2D eigenvalue weighted by atomic mass is 9.92. The highest BCUT2D eigenvalue weighted by molar-refractivity contribution is 7.14. The molecule has 0 fully saturated rings. The molecule has 252 valence electrons. The van der Waals surface area contributed by atoms with E-state index in [9.17, 15) is 9.18 Å². The first-order chi connectivity index (χ1) is 23.3. The van der Waals surface area contributed by atoms with Crippen molar-refractivity contribution in [1.82, 2.24) is 0 Å². The first kappa shape index (κ1) is 34.4. The zero-order chi connectivity index (χ0) is 33.9. The summed E-state index contributed by atoms with van der Waals surface area (Å²) in [4.78, 5) is 16.3. The van der Waals surface area contributed by atoms with Crippen LogP contribution in [0.25, 0.3) is 6.08 Å². The van der Waals surface area contributed by atoms with E-state index in [1.54, 1.807) is 12.1 Å². The van der Waals surface area contributed by atoms with Crippen molar-refractivity contribution in [2.75, 3.05) is 47.3 Å². The zero-order valence-electron chi connectivity index (χ0n) is 27.9. The predicted octanol–water partition coefficient (Wildman–Crippen LogP) is 10.2. The molecule has 0 spiro atoms. The molecule has 4 aromatic rings. The Morgan fingerprint density at radius 3 is 2.17 bits per heavy atom. The minimum atomic E-state index is -0.456. The van der Waals surface area contributed by atoms with Crippen molar-refractivity contribution in [3.63, 3.8) is 0 Å². The lowest BCUT2D eigenvalue weighted by Crippen LogP contribution is -2.13. The third-order valence-electron chi connectivity index (χ3n) is 8.09. The molecule has 2 unspecified atom stereocenters. The number of esters is 1. The average Bonchev–Trinajstić information content (AvgIpc) is 3.54. The second-order valence-corrected chi connectivity index (χ2v) is 13.1. The standard InChI is InChI=1S/C37H44FN7O2S/c1-5-6-7-8-9-22-47-37(46)35-23-26-10-20-33(25(2)36(26)48-35)43-42-30-17-21-34(32(38)24-30)44-41-28-13-11-27(12-14-28)39-40-29-15-18-31(19-16-29)45(3)4/h10-21,23-25,33,39-41,44H,5-9,22H2,1-4H3/b43-42+. The van der Waals surface area contributed by atoms with E-state index in [1.807, 2.05) is 85.7 Å². The Morgan fingerprint density at radius 2 is 1.52 bits per heavy atom. The van der Waals surface area contributed by atoms with Crippen LogP contribution in [0.2, 0.25) is 0 Å². The van der Waals surface area contributed by atoms with Crippen LogP contribution in [0.15, 0.2) is 89.1 Å². The van der Waals surface area contributed by atoms with Gasteiger partial charge in [-0.05, 0) is 78.7 Å². The summed E-state index contributed by atoms with van der Waals surface area (Å²) in [5.74, 6) is -0.703. The number of fused-ring (bicyclic) bond motifs is 1. The molecular formula is C37H44FN7O2S. The van der Waals surface area contributed by atoms with Crippen molar-refractivity contribution in [2.45, 2.75) is 57.9 Å². The van der Waals surface area contributed by atoms with Crippen LogP contribution in [0.1, 0.15) is 72.0 Å². The SMILES string of the molecule is CCCCCCCOC(=O)c1cc2c(s1)C(C)C(/N=N/c1ccc(NNc3ccc(NNc4ccc(N(C)C)cc4)cc3)c(F)c1)C=C2. The summed E-state index contributed by atoms with van der Waals surface area (Å²) in [5.41, 5.74) is 17.7. The van der Waals surface area contributed by atoms with Crippen molar-refractivity contribution in [3.8, 4) is 0 Å². The smallest absolute Gasteiger partial charge is 0.348 e. The van der Waals surface area contributed by atoms with Crippen molar-refractivity contribution in [1.29, 1.82) is 0 Å². The van der Waals surface area contributed by atoms with Crippen LogP contribution in [0.5, 0.6) is 0 Å². The van der Waals surface area contributed by atoms with E-state index < -0.39 is 5.82 Å². The molecule has 3 aromatic carbocycles. The summed E-state index contributed by atoms with van der Waals surface area (Å²) in [6.45, 7) is 4.69. The molecule has 5 rings (SSSR count). The number of thiophene rings is 1. The molecular weight excluding hydrogens is 626 g/mol. The summed E-state index contributed by atoms with van der Waals surface area (Å²) < 4.78 is 20.5. The number of halogens is 1. The maximum Gasteiger partial charge on any atom is 0.348 e. The van der Waals surface area contributed by atoms with Crippen molar-refractivity contribution in [2.24, 2.45) is 10.2 Å². The topological polar surface area (TPSA) is 102 Å². The van der Waals surface area contributed by atoms with Gasteiger partial charge in [0.25, 0.3) is 0 Å². The van der Waals surface area contributed by atoms with Crippen LogP contribution < -0.4 is 26.6 Å². The van der Waals surface area contributed by atoms with Gasteiger partial charge in [0, 0.05) is 36.6 Å². The molecule has 48 heavy (non-hydrogen) atoms. The van der Waals surface area contributed by atoms with Gasteiger partial charge in [0.1, 0.15) is 10.7 Å². The Hall–Kier alpha value is -4.90. The number of unbranched alkanes of at least 4 members (excludes halogenated alkanes) is 4. The minimum Gasteiger partial charge on any atom is -0.462 e. The summed E-state index contributed by atoms with van der Waals surface area (Å²) in [6, 6.07) is 22.0. The molecule has 0 radical (unpaired) electrons. The number of ether oxygens (including phenoxy) is 1. The maximum atomic E-state index is 15.0. The fourth-order valence-corrected chi connectivity index (χ4v) is 6.31. The highest BCUT2D eigenvalue weighted by atomic mass is 32.1. The highest BCUT2D eigenvalue weighted by Gasteiger charge is 2.26. The number of hydrogen-bond donors (Lipinski definition) is 4. The van der Waals surface area contributed by atoms with Gasteiger partial charge in [0.2, 0.25) is 0 Å². The number of nitrogens with zero attached hydrogens (tertiary/aromatic N) is 3. The first-order valence-electron chi connectivity index (χ1n) is 16.4. The number of hydrogen-bond acceptors (Lipinski definition) is 10. The molecule has 2 atom stereocenters. The molecule has 0 bridgehead atoms. The van der Waals surface area contributed by atoms with Gasteiger partial charge in [0.05, 0.1) is 41.1 Å². The number of anilines is 5. The molecule has 1 aromatic heterocycles. The van der Waals surface area contributed by atoms with E-state index in [-0.39, 0.29) is 23.6 Å². The van der Waals surface area contributed by atoms with Gasteiger partial charge < -0.3 is 25.9 Å². The molecule has 1 heterocycles. The average molecular weight is 670 g/mol. The third-order valence-corrected chi connectivity index (χ3v) is 9.42. The fourth-order valence-electron chi connectivity index (χ4n) is 5.17. The molecule has 0 saturated carbocycles. The van der Waals surface area contributed by atoms with Crippen molar-refractivity contribution in [3.05, 3.63) is 100 Å². The van der Waals surface area contributed by atoms with E-state index in [1.165, 1.54) is 36.7 Å². The number of hydrazine groups is 2. The Kier molecular flexibility index (Phi) is 12.0. The normalized spacial score (nSPS) is 15.2. The Balaban J connectivity index is 1.09. The number of rotatable bonds is 16. The van der Waals surface area contributed by atoms with Gasteiger partial charge in [-0.15, -0.1) is 11.3 Å². The largest absolute Gasteiger partial charge is 0.462 e. The second kappa shape index (κ2) is 16.8. The maximum absolute atomic E-state index is 15.0. The monoisotopic (exact) mass is 669 g/mol. The van der Waals surface area contributed by atoms with Crippen LogP contribution >= 0.6 is 11.3 Å². The van der Waals surface area contributed by atoms with Gasteiger partial charge >= 0.3 is 5.97 Å². The molecule has 11 heteroatoms. The predicted molar refractivity (Wildman–Crippen MR) is 197 cm³/mol. The summed E-state index contributed by atoms with van der Waals surface area (Å²) in [7, 11) is 4.01. The molecule has 0 aliphatic heterocycles. The Bertz CT molecular complexity index is 1700. The second-order valence-electron chi connectivity index (χ2n) is 12.0. The first-order valence-corrected chi connectivity index (χ1v) is 17.2. The number of carbonyl (C=O) groups excluding carboxylic acids is 1. The van der Waals surface area contributed by atoms with Crippen LogP contribution in [0.3, 0.4) is 0 Å². The quantitative estimate of drug-likeness (QED) is 0.0407. The fraction of sp³-hybridized carbons (Fsp3) is 0.324. The van der Waals surface area contributed by atoms with E-state index in [4.69, 9.17) is 4.74 Å². The van der Waals surface area contributed by atoms with Crippen LogP contribution in [0, 0.1) is 5.82 Å². The summed E-state index contributed by atoms with van der Waals surface area (Å²) in [5, 5.41) is 8.83. The van der Waals surface area contributed by atoms with Crippen molar-refractivity contribution >= 4 is 57.5 Å². The number of benzene rings is 3. The van der Waals surface area contributed by atoms with Gasteiger partial charge in [-0.2, -0.15) is 10.2 Å². The summed E-state index contributed by atoms with van der Waals surface area (Å²) in [6.07, 6.45) is 9.49. The molecule has 0 amide bonds. The lowest BCUT2D eigenvalue weighted by molar-refractivity contribution is 0.0503. The highest BCUT2D eigenvalue weighted by Crippen LogP contribution is 2.38. The molecule has 1 aliphatic carbocycles. The molecule has 9 nitrogen and oxygen atoms in total. The van der Waals surface area contributed by atoms with Crippen LogP contribution in [-0.2, 0) is 4.74 Å². The Morgan fingerprint density at radius 1 is 0.875 bits per heavy atom.